The summed E-state index contributed by atoms with van der Waals surface area (Å²) in [5, 5.41) is 9.31. The molecule has 1 heterocycles. The van der Waals surface area contributed by atoms with Crippen molar-refractivity contribution in [2.24, 2.45) is 5.92 Å². The fraction of sp³-hybridized carbons (Fsp3) is 0.545. The molecule has 0 spiro atoms. The zero-order valence-corrected chi connectivity index (χ0v) is 8.27. The van der Waals surface area contributed by atoms with Gasteiger partial charge in [0, 0.05) is 12.4 Å². The van der Waals surface area contributed by atoms with Gasteiger partial charge in [0.1, 0.15) is 11.2 Å². The Kier molecular flexibility index (Phi) is 2.20. The first kappa shape index (κ1) is 9.14. The number of nitrogens with zero attached hydrogens (tertiary/aromatic N) is 3. The van der Waals surface area contributed by atoms with E-state index in [2.05, 4.69) is 23.0 Å². The summed E-state index contributed by atoms with van der Waals surface area (Å²) in [6.07, 6.45) is 6.53. The predicted molar refractivity (Wildman–Crippen MR) is 52.3 cm³/mol. The van der Waals surface area contributed by atoms with E-state index in [1.54, 1.807) is 18.5 Å². The molecule has 0 bridgehead atoms. The van der Waals surface area contributed by atoms with Crippen molar-refractivity contribution in [3.63, 3.8) is 0 Å². The van der Waals surface area contributed by atoms with Gasteiger partial charge in [-0.25, -0.2) is 9.97 Å². The lowest BCUT2D eigenvalue weighted by Gasteiger charge is -2.23. The number of rotatable bonds is 1. The van der Waals surface area contributed by atoms with E-state index in [0.29, 0.717) is 11.7 Å². The first-order valence-electron chi connectivity index (χ1n) is 4.98. The van der Waals surface area contributed by atoms with Crippen LogP contribution in [0.2, 0.25) is 0 Å². The van der Waals surface area contributed by atoms with E-state index < -0.39 is 5.41 Å². The van der Waals surface area contributed by atoms with Crippen LogP contribution in [0, 0.1) is 17.2 Å². The summed E-state index contributed by atoms with van der Waals surface area (Å²) < 4.78 is 0. The highest BCUT2D eigenvalue weighted by Gasteiger charge is 2.44. The fourth-order valence-corrected chi connectivity index (χ4v) is 2.26. The van der Waals surface area contributed by atoms with Gasteiger partial charge in [-0.2, -0.15) is 5.26 Å². The Hall–Kier alpha value is -1.43. The van der Waals surface area contributed by atoms with Gasteiger partial charge in [-0.05, 0) is 24.8 Å². The van der Waals surface area contributed by atoms with Crippen LogP contribution in [0.1, 0.15) is 32.0 Å². The minimum Gasteiger partial charge on any atom is -0.240 e. The van der Waals surface area contributed by atoms with E-state index in [1.165, 1.54) is 0 Å². The summed E-state index contributed by atoms with van der Waals surface area (Å²) in [6, 6.07) is 4.20. The molecule has 1 aliphatic carbocycles. The maximum absolute atomic E-state index is 9.31. The Labute approximate surface area is 83.8 Å². The molecule has 1 saturated carbocycles. The van der Waals surface area contributed by atoms with E-state index >= 15 is 0 Å². The Morgan fingerprint density at radius 3 is 2.71 bits per heavy atom. The molecule has 14 heavy (non-hydrogen) atoms. The molecule has 2 atom stereocenters. The maximum Gasteiger partial charge on any atom is 0.148 e. The number of hydrogen-bond acceptors (Lipinski definition) is 3. The Morgan fingerprint density at radius 1 is 1.50 bits per heavy atom. The lowest BCUT2D eigenvalue weighted by Crippen LogP contribution is -2.29. The highest BCUT2D eigenvalue weighted by molar-refractivity contribution is 5.24. The third kappa shape index (κ3) is 1.19. The van der Waals surface area contributed by atoms with Crippen LogP contribution in [-0.2, 0) is 5.41 Å². The first-order chi connectivity index (χ1) is 6.79. The minimum absolute atomic E-state index is 0.370. The third-order valence-electron chi connectivity index (χ3n) is 3.21. The van der Waals surface area contributed by atoms with Crippen molar-refractivity contribution in [1.29, 1.82) is 5.26 Å². The highest BCUT2D eigenvalue weighted by Crippen LogP contribution is 2.43. The monoisotopic (exact) mass is 187 g/mol. The molecule has 1 aromatic rings. The van der Waals surface area contributed by atoms with Crippen molar-refractivity contribution in [1.82, 2.24) is 9.97 Å². The molecular formula is C11H13N3. The summed E-state index contributed by atoms with van der Waals surface area (Å²) in [6.45, 7) is 2.12. The normalized spacial score (nSPS) is 31.3. The largest absolute Gasteiger partial charge is 0.240 e. The molecule has 1 aliphatic rings. The number of aromatic nitrogens is 2. The van der Waals surface area contributed by atoms with Crippen LogP contribution in [-0.4, -0.2) is 9.97 Å². The zero-order valence-electron chi connectivity index (χ0n) is 8.27. The third-order valence-corrected chi connectivity index (χ3v) is 3.21. The second kappa shape index (κ2) is 3.38. The summed E-state index contributed by atoms with van der Waals surface area (Å²) in [4.78, 5) is 8.44. The number of nitriles is 1. The maximum atomic E-state index is 9.31. The van der Waals surface area contributed by atoms with Gasteiger partial charge in [0.05, 0.1) is 6.07 Å². The van der Waals surface area contributed by atoms with Crippen LogP contribution in [0.15, 0.2) is 18.5 Å². The Morgan fingerprint density at radius 2 is 2.21 bits per heavy atom. The van der Waals surface area contributed by atoms with Crippen LogP contribution in [0.3, 0.4) is 0 Å². The van der Waals surface area contributed by atoms with Gasteiger partial charge in [0.25, 0.3) is 0 Å². The van der Waals surface area contributed by atoms with Crippen molar-refractivity contribution in [3.8, 4) is 6.07 Å². The van der Waals surface area contributed by atoms with Crippen molar-refractivity contribution in [2.75, 3.05) is 0 Å². The molecule has 0 saturated heterocycles. The topological polar surface area (TPSA) is 49.6 Å². The summed E-state index contributed by atoms with van der Waals surface area (Å²) in [5.41, 5.74) is -0.429. The number of hydrogen-bond donors (Lipinski definition) is 0. The molecule has 0 amide bonds. The molecule has 3 heteroatoms. The van der Waals surface area contributed by atoms with Crippen LogP contribution >= 0.6 is 0 Å². The average Bonchev–Trinajstić information content (AvgIpc) is 2.62. The molecule has 0 aromatic carbocycles. The first-order valence-corrected chi connectivity index (χ1v) is 4.98. The standard InChI is InChI=1S/C11H13N3/c1-9-4-2-5-11(9,8-12)10-13-6-3-7-14-10/h3,6-7,9H,2,4-5H2,1H3. The van der Waals surface area contributed by atoms with Gasteiger partial charge in [-0.15, -0.1) is 0 Å². The smallest absolute Gasteiger partial charge is 0.148 e. The van der Waals surface area contributed by atoms with Gasteiger partial charge in [-0.1, -0.05) is 13.3 Å². The Bertz CT molecular complexity index is 355. The van der Waals surface area contributed by atoms with Gasteiger partial charge in [0.2, 0.25) is 0 Å². The lowest BCUT2D eigenvalue weighted by atomic mass is 9.79. The van der Waals surface area contributed by atoms with Crippen LogP contribution in [0.25, 0.3) is 0 Å². The van der Waals surface area contributed by atoms with Crippen LogP contribution in [0.5, 0.6) is 0 Å². The van der Waals surface area contributed by atoms with Gasteiger partial charge in [-0.3, -0.25) is 0 Å². The van der Waals surface area contributed by atoms with Gasteiger partial charge in [0.15, 0.2) is 0 Å². The van der Waals surface area contributed by atoms with Crippen molar-refractivity contribution < 1.29 is 0 Å². The zero-order chi connectivity index (χ0) is 10.0. The predicted octanol–water partition coefficient (Wildman–Crippen LogP) is 2.06. The summed E-state index contributed by atoms with van der Waals surface area (Å²) >= 11 is 0. The molecule has 0 aliphatic heterocycles. The van der Waals surface area contributed by atoms with Crippen molar-refractivity contribution in [2.45, 2.75) is 31.6 Å². The molecule has 0 N–H and O–H groups in total. The molecular weight excluding hydrogens is 174 g/mol. The van der Waals surface area contributed by atoms with Crippen LogP contribution < -0.4 is 0 Å². The molecule has 1 aromatic heterocycles. The van der Waals surface area contributed by atoms with Gasteiger partial charge < -0.3 is 0 Å². The summed E-state index contributed by atoms with van der Waals surface area (Å²) in [7, 11) is 0. The van der Waals surface area contributed by atoms with Crippen molar-refractivity contribution in [3.05, 3.63) is 24.3 Å². The molecule has 3 nitrogen and oxygen atoms in total. The SMILES string of the molecule is CC1CCCC1(C#N)c1ncccn1. The summed E-state index contributed by atoms with van der Waals surface area (Å²) in [5.74, 6) is 1.07. The molecule has 2 unspecified atom stereocenters. The van der Waals surface area contributed by atoms with Crippen molar-refractivity contribution >= 4 is 0 Å². The second-order valence-electron chi connectivity index (χ2n) is 3.95. The quantitative estimate of drug-likeness (QED) is 0.676. The van der Waals surface area contributed by atoms with E-state index in [0.717, 1.165) is 19.3 Å². The van der Waals surface area contributed by atoms with Gasteiger partial charge >= 0.3 is 0 Å². The molecule has 0 radical (unpaired) electrons. The average molecular weight is 187 g/mol. The van der Waals surface area contributed by atoms with E-state index in [4.69, 9.17) is 0 Å². The van der Waals surface area contributed by atoms with E-state index in [-0.39, 0.29) is 0 Å². The molecule has 1 fully saturated rings. The molecule has 2 rings (SSSR count). The minimum atomic E-state index is -0.429. The lowest BCUT2D eigenvalue weighted by molar-refractivity contribution is 0.408. The highest BCUT2D eigenvalue weighted by atomic mass is 14.9. The Balaban J connectivity index is 2.44. The fourth-order valence-electron chi connectivity index (χ4n) is 2.26. The second-order valence-corrected chi connectivity index (χ2v) is 3.95. The van der Waals surface area contributed by atoms with Crippen LogP contribution in [0.4, 0.5) is 0 Å². The van der Waals surface area contributed by atoms with E-state index in [9.17, 15) is 5.26 Å². The van der Waals surface area contributed by atoms with E-state index in [1.807, 2.05) is 0 Å². The molecule has 72 valence electrons.